The average molecular weight is 277 g/mol. The van der Waals surface area contributed by atoms with E-state index in [0.717, 1.165) is 6.42 Å². The Morgan fingerprint density at radius 3 is 2.82 bits per heavy atom. The summed E-state index contributed by atoms with van der Waals surface area (Å²) in [6.45, 7) is 6.21. The molecule has 1 aromatic rings. The number of ether oxygens (including phenoxy) is 1. The summed E-state index contributed by atoms with van der Waals surface area (Å²) in [4.78, 5) is 16.0. The summed E-state index contributed by atoms with van der Waals surface area (Å²) in [7, 11) is 0. The second-order valence-electron chi connectivity index (χ2n) is 3.66. The molecular formula is C11H17ClN2O2S. The van der Waals surface area contributed by atoms with Gasteiger partial charge in [-0.25, -0.2) is 9.78 Å². The summed E-state index contributed by atoms with van der Waals surface area (Å²) in [5.41, 5.74) is 0. The number of hydrogen-bond donors (Lipinski definition) is 1. The number of hydrogen-bond acceptors (Lipinski definition) is 5. The van der Waals surface area contributed by atoms with Crippen molar-refractivity contribution in [1.82, 2.24) is 10.3 Å². The molecule has 96 valence electrons. The molecule has 0 aliphatic heterocycles. The molecule has 1 heterocycles. The second-order valence-corrected chi connectivity index (χ2v) is 5.36. The number of carbonyl (C=O) groups is 1. The van der Waals surface area contributed by atoms with Crippen LogP contribution in [0.15, 0.2) is 6.20 Å². The van der Waals surface area contributed by atoms with Gasteiger partial charge < -0.3 is 4.74 Å². The summed E-state index contributed by atoms with van der Waals surface area (Å²) < 4.78 is 5.60. The smallest absolute Gasteiger partial charge is 0.330 e. The molecule has 2 atom stereocenters. The van der Waals surface area contributed by atoms with Crippen molar-refractivity contribution in [2.75, 3.05) is 6.61 Å². The molecule has 0 fully saturated rings. The molecule has 17 heavy (non-hydrogen) atoms. The Morgan fingerprint density at radius 2 is 2.35 bits per heavy atom. The van der Waals surface area contributed by atoms with E-state index in [1.165, 1.54) is 11.3 Å². The molecule has 1 N–H and O–H groups in total. The van der Waals surface area contributed by atoms with Gasteiger partial charge >= 0.3 is 5.97 Å². The molecule has 0 aromatic carbocycles. The predicted molar refractivity (Wildman–Crippen MR) is 69.4 cm³/mol. The molecule has 0 aliphatic rings. The van der Waals surface area contributed by atoms with E-state index in [9.17, 15) is 4.79 Å². The highest BCUT2D eigenvalue weighted by molar-refractivity contribution is 7.16. The number of esters is 1. The van der Waals surface area contributed by atoms with Crippen LogP contribution >= 0.6 is 22.9 Å². The van der Waals surface area contributed by atoms with E-state index in [1.54, 1.807) is 13.1 Å². The zero-order valence-corrected chi connectivity index (χ0v) is 11.8. The van der Waals surface area contributed by atoms with Crippen molar-refractivity contribution in [2.24, 2.45) is 0 Å². The van der Waals surface area contributed by atoms with Gasteiger partial charge in [-0.3, -0.25) is 5.32 Å². The van der Waals surface area contributed by atoms with E-state index in [-0.39, 0.29) is 12.0 Å². The van der Waals surface area contributed by atoms with Crippen LogP contribution in [0.4, 0.5) is 0 Å². The number of rotatable bonds is 6. The number of nitrogens with one attached hydrogen (secondary N) is 1. The highest BCUT2D eigenvalue weighted by Gasteiger charge is 2.26. The van der Waals surface area contributed by atoms with Crippen LogP contribution in [0.1, 0.15) is 38.2 Å². The van der Waals surface area contributed by atoms with Crippen molar-refractivity contribution in [3.63, 3.8) is 0 Å². The van der Waals surface area contributed by atoms with Crippen LogP contribution in [0.3, 0.4) is 0 Å². The number of carbonyl (C=O) groups excluding carboxylic acids is 1. The van der Waals surface area contributed by atoms with Crippen molar-refractivity contribution in [3.8, 4) is 0 Å². The molecule has 0 saturated heterocycles. The maximum absolute atomic E-state index is 11.8. The van der Waals surface area contributed by atoms with E-state index in [0.29, 0.717) is 16.0 Å². The third-order valence-electron chi connectivity index (χ3n) is 2.33. The summed E-state index contributed by atoms with van der Waals surface area (Å²) in [5.74, 6) is -0.307. The Labute approximate surface area is 110 Å². The van der Waals surface area contributed by atoms with Gasteiger partial charge in [0.15, 0.2) is 6.04 Å². The molecule has 1 rings (SSSR count). The van der Waals surface area contributed by atoms with Crippen LogP contribution in [0, 0.1) is 0 Å². The summed E-state index contributed by atoms with van der Waals surface area (Å²) in [5, 5.41) is 3.84. The number of thiazole rings is 1. The first-order valence-electron chi connectivity index (χ1n) is 5.62. The van der Waals surface area contributed by atoms with Gasteiger partial charge in [-0.05, 0) is 20.3 Å². The summed E-state index contributed by atoms with van der Waals surface area (Å²) in [6.07, 6.45) is 2.47. The lowest BCUT2D eigenvalue weighted by molar-refractivity contribution is -0.146. The van der Waals surface area contributed by atoms with E-state index >= 15 is 0 Å². The van der Waals surface area contributed by atoms with Gasteiger partial charge in [0, 0.05) is 6.04 Å². The van der Waals surface area contributed by atoms with E-state index in [2.05, 4.69) is 17.2 Å². The van der Waals surface area contributed by atoms with Gasteiger partial charge in [-0.15, -0.1) is 11.3 Å². The molecule has 0 saturated carbocycles. The molecule has 4 nitrogen and oxygen atoms in total. The van der Waals surface area contributed by atoms with Crippen LogP contribution in [-0.2, 0) is 9.53 Å². The minimum atomic E-state index is -0.526. The van der Waals surface area contributed by atoms with Crippen molar-refractivity contribution in [1.29, 1.82) is 0 Å². The Hall–Kier alpha value is -0.650. The third-order valence-corrected chi connectivity index (χ3v) is 3.51. The Balaban J connectivity index is 2.82. The van der Waals surface area contributed by atoms with Crippen LogP contribution < -0.4 is 5.32 Å². The normalized spacial score (nSPS) is 14.4. The number of aromatic nitrogens is 1. The van der Waals surface area contributed by atoms with Crippen LogP contribution in [0.2, 0.25) is 4.34 Å². The van der Waals surface area contributed by atoms with Crippen molar-refractivity contribution >= 4 is 28.9 Å². The zero-order chi connectivity index (χ0) is 12.8. The van der Waals surface area contributed by atoms with Gasteiger partial charge in [0.05, 0.1) is 12.8 Å². The molecular weight excluding hydrogens is 260 g/mol. The third kappa shape index (κ3) is 4.26. The molecule has 1 aromatic heterocycles. The lowest BCUT2D eigenvalue weighted by Gasteiger charge is -2.19. The number of halogens is 1. The molecule has 0 radical (unpaired) electrons. The van der Waals surface area contributed by atoms with Gasteiger partial charge in [0.25, 0.3) is 0 Å². The molecule has 0 spiro atoms. The average Bonchev–Trinajstić information content (AvgIpc) is 2.72. The maximum Gasteiger partial charge on any atom is 0.330 e. The Bertz CT molecular complexity index is 370. The maximum atomic E-state index is 11.8. The first-order chi connectivity index (χ1) is 8.08. The van der Waals surface area contributed by atoms with Crippen LogP contribution in [0.25, 0.3) is 0 Å². The SMILES string of the molecule is CCOC(=O)C(NC(C)CC)c1ncc(Cl)s1. The minimum Gasteiger partial charge on any atom is -0.465 e. The molecule has 0 bridgehead atoms. The van der Waals surface area contributed by atoms with Crippen molar-refractivity contribution < 1.29 is 9.53 Å². The van der Waals surface area contributed by atoms with Crippen LogP contribution in [-0.4, -0.2) is 23.6 Å². The standard InChI is InChI=1S/C11H17ClN2O2S/c1-4-7(3)14-9(11(15)16-5-2)10-13-6-8(12)17-10/h6-7,9,14H,4-5H2,1-3H3. The minimum absolute atomic E-state index is 0.215. The topological polar surface area (TPSA) is 51.2 Å². The summed E-state index contributed by atoms with van der Waals surface area (Å²) in [6, 6.07) is -0.311. The fraction of sp³-hybridized carbons (Fsp3) is 0.636. The highest BCUT2D eigenvalue weighted by atomic mass is 35.5. The van der Waals surface area contributed by atoms with Gasteiger partial charge in [0.1, 0.15) is 9.34 Å². The predicted octanol–water partition coefficient (Wildman–Crippen LogP) is 2.79. The van der Waals surface area contributed by atoms with Crippen molar-refractivity contribution in [2.45, 2.75) is 39.3 Å². The fourth-order valence-corrected chi connectivity index (χ4v) is 2.25. The molecule has 2 unspecified atom stereocenters. The first kappa shape index (κ1) is 14.4. The largest absolute Gasteiger partial charge is 0.465 e. The van der Waals surface area contributed by atoms with E-state index in [1.807, 2.05) is 6.92 Å². The lowest BCUT2D eigenvalue weighted by atomic mass is 10.2. The van der Waals surface area contributed by atoms with Gasteiger partial charge in [0.2, 0.25) is 0 Å². The molecule has 6 heteroatoms. The monoisotopic (exact) mass is 276 g/mol. The Morgan fingerprint density at radius 1 is 1.65 bits per heavy atom. The first-order valence-corrected chi connectivity index (χ1v) is 6.81. The lowest BCUT2D eigenvalue weighted by Crippen LogP contribution is -2.36. The van der Waals surface area contributed by atoms with Crippen molar-refractivity contribution in [3.05, 3.63) is 15.5 Å². The van der Waals surface area contributed by atoms with Crippen LogP contribution in [0.5, 0.6) is 0 Å². The van der Waals surface area contributed by atoms with Gasteiger partial charge in [-0.2, -0.15) is 0 Å². The quantitative estimate of drug-likeness (QED) is 0.812. The van der Waals surface area contributed by atoms with E-state index < -0.39 is 6.04 Å². The molecule has 0 aliphatic carbocycles. The molecule has 0 amide bonds. The highest BCUT2D eigenvalue weighted by Crippen LogP contribution is 2.25. The summed E-state index contributed by atoms with van der Waals surface area (Å²) >= 11 is 7.13. The second kappa shape index (κ2) is 6.93. The Kier molecular flexibility index (Phi) is 5.88. The number of nitrogens with zero attached hydrogens (tertiary/aromatic N) is 1. The fourth-order valence-electron chi connectivity index (χ4n) is 1.27. The van der Waals surface area contributed by atoms with E-state index in [4.69, 9.17) is 16.3 Å². The van der Waals surface area contributed by atoms with Gasteiger partial charge in [-0.1, -0.05) is 18.5 Å². The zero-order valence-electron chi connectivity index (χ0n) is 10.2.